The van der Waals surface area contributed by atoms with E-state index in [2.05, 4.69) is 19.2 Å². The molecule has 3 nitrogen and oxygen atoms in total. The van der Waals surface area contributed by atoms with E-state index in [0.29, 0.717) is 18.5 Å². The second-order valence-electron chi connectivity index (χ2n) is 6.01. The van der Waals surface area contributed by atoms with E-state index in [-0.39, 0.29) is 18.6 Å². The van der Waals surface area contributed by atoms with Gasteiger partial charge in [0.2, 0.25) is 0 Å². The summed E-state index contributed by atoms with van der Waals surface area (Å²) in [4.78, 5) is 0. The molecule has 16 heavy (non-hydrogen) atoms. The first kappa shape index (κ1) is 13.9. The van der Waals surface area contributed by atoms with Crippen LogP contribution in [0.15, 0.2) is 0 Å². The second kappa shape index (κ2) is 5.99. The highest BCUT2D eigenvalue weighted by Gasteiger charge is 2.28. The van der Waals surface area contributed by atoms with E-state index in [0.717, 1.165) is 5.92 Å². The van der Waals surface area contributed by atoms with Crippen LogP contribution >= 0.6 is 0 Å². The van der Waals surface area contributed by atoms with Crippen molar-refractivity contribution in [1.82, 2.24) is 5.32 Å². The molecule has 0 bridgehead atoms. The molecule has 0 aromatic rings. The number of aliphatic hydroxyl groups excluding tert-OH is 2. The molecule has 0 aromatic carbocycles. The molecule has 1 aliphatic rings. The quantitative estimate of drug-likeness (QED) is 0.668. The van der Waals surface area contributed by atoms with Gasteiger partial charge in [0.05, 0.1) is 13.2 Å². The first-order valence-corrected chi connectivity index (χ1v) is 6.46. The van der Waals surface area contributed by atoms with E-state index in [4.69, 9.17) is 0 Å². The minimum atomic E-state index is -0.386. The zero-order chi connectivity index (χ0) is 12.2. The molecule has 1 saturated carbocycles. The number of aliphatic hydroxyl groups is 2. The van der Waals surface area contributed by atoms with Gasteiger partial charge >= 0.3 is 0 Å². The number of nitrogens with one attached hydrogen (secondary N) is 1. The molecule has 3 unspecified atom stereocenters. The second-order valence-corrected chi connectivity index (χ2v) is 6.01. The molecule has 0 saturated heterocycles. The minimum Gasteiger partial charge on any atom is -0.396 e. The van der Waals surface area contributed by atoms with Crippen molar-refractivity contribution in [2.75, 3.05) is 19.8 Å². The van der Waals surface area contributed by atoms with E-state index >= 15 is 0 Å². The van der Waals surface area contributed by atoms with E-state index in [1.807, 2.05) is 6.92 Å². The molecule has 0 heterocycles. The lowest BCUT2D eigenvalue weighted by molar-refractivity contribution is 0.0622. The number of hydrogen-bond donors (Lipinski definition) is 3. The first-order valence-electron chi connectivity index (χ1n) is 6.46. The predicted molar refractivity (Wildman–Crippen MR) is 66.2 cm³/mol. The Hall–Kier alpha value is -0.120. The Bertz CT molecular complexity index is 204. The average molecular weight is 229 g/mol. The summed E-state index contributed by atoms with van der Waals surface area (Å²) in [5.74, 6) is 1.54. The van der Waals surface area contributed by atoms with Crippen LogP contribution in [0.25, 0.3) is 0 Å². The van der Waals surface area contributed by atoms with Crippen molar-refractivity contribution in [2.24, 2.45) is 17.3 Å². The topological polar surface area (TPSA) is 52.5 Å². The van der Waals surface area contributed by atoms with Gasteiger partial charge in [-0.3, -0.25) is 0 Å². The molecule has 0 aliphatic heterocycles. The van der Waals surface area contributed by atoms with Gasteiger partial charge in [-0.05, 0) is 31.1 Å². The van der Waals surface area contributed by atoms with Crippen LogP contribution in [0.4, 0.5) is 0 Å². The molecule has 1 fully saturated rings. The predicted octanol–water partition coefficient (Wildman–Crippen LogP) is 1.39. The van der Waals surface area contributed by atoms with E-state index in [9.17, 15) is 10.2 Å². The summed E-state index contributed by atoms with van der Waals surface area (Å²) < 4.78 is 0. The summed E-state index contributed by atoms with van der Waals surface area (Å²) in [6, 6.07) is 0.550. The Morgan fingerprint density at radius 1 is 1.19 bits per heavy atom. The maximum Gasteiger partial charge on any atom is 0.0518 e. The molecular weight excluding hydrogens is 202 g/mol. The molecule has 3 atom stereocenters. The first-order chi connectivity index (χ1) is 7.50. The minimum absolute atomic E-state index is 0.0357. The summed E-state index contributed by atoms with van der Waals surface area (Å²) in [5, 5.41) is 22.0. The highest BCUT2D eigenvalue weighted by molar-refractivity contribution is 4.84. The van der Waals surface area contributed by atoms with Gasteiger partial charge in [-0.15, -0.1) is 0 Å². The van der Waals surface area contributed by atoms with Gasteiger partial charge < -0.3 is 15.5 Å². The van der Waals surface area contributed by atoms with Gasteiger partial charge in [0.1, 0.15) is 0 Å². The molecular formula is C13H27NO2. The normalized spacial score (nSPS) is 31.7. The number of rotatable bonds is 5. The van der Waals surface area contributed by atoms with Crippen molar-refractivity contribution in [3.05, 3.63) is 0 Å². The van der Waals surface area contributed by atoms with Gasteiger partial charge in [-0.25, -0.2) is 0 Å². The smallest absolute Gasteiger partial charge is 0.0518 e. The van der Waals surface area contributed by atoms with Crippen molar-refractivity contribution < 1.29 is 10.2 Å². The third kappa shape index (κ3) is 3.72. The Kier molecular flexibility index (Phi) is 5.22. The van der Waals surface area contributed by atoms with Gasteiger partial charge in [0.15, 0.2) is 0 Å². The number of hydrogen-bond acceptors (Lipinski definition) is 3. The van der Waals surface area contributed by atoms with Crippen LogP contribution in [0.5, 0.6) is 0 Å². The zero-order valence-electron chi connectivity index (χ0n) is 10.9. The average Bonchev–Trinajstić information content (AvgIpc) is 2.27. The van der Waals surface area contributed by atoms with E-state index in [1.165, 1.54) is 19.3 Å². The molecule has 0 amide bonds. The van der Waals surface area contributed by atoms with Crippen LogP contribution in [0, 0.1) is 17.3 Å². The van der Waals surface area contributed by atoms with E-state index in [1.54, 1.807) is 0 Å². The third-order valence-electron chi connectivity index (χ3n) is 3.99. The molecule has 1 rings (SSSR count). The van der Waals surface area contributed by atoms with Crippen molar-refractivity contribution in [2.45, 2.75) is 46.1 Å². The molecule has 0 spiro atoms. The van der Waals surface area contributed by atoms with Crippen LogP contribution in [-0.4, -0.2) is 36.0 Å². The lowest BCUT2D eigenvalue weighted by Crippen LogP contribution is -2.46. The fraction of sp³-hybridized carbons (Fsp3) is 1.00. The fourth-order valence-corrected chi connectivity index (χ4v) is 2.51. The molecule has 96 valence electrons. The third-order valence-corrected chi connectivity index (χ3v) is 3.99. The summed E-state index contributed by atoms with van der Waals surface area (Å²) in [7, 11) is 0. The van der Waals surface area contributed by atoms with Crippen LogP contribution in [-0.2, 0) is 0 Å². The van der Waals surface area contributed by atoms with Crippen LogP contribution in [0.3, 0.4) is 0 Å². The molecule has 1 aliphatic carbocycles. The highest BCUT2D eigenvalue weighted by Crippen LogP contribution is 2.29. The monoisotopic (exact) mass is 229 g/mol. The SMILES string of the molecule is CC1CCC(NCC(C)(CO)CO)C(C)C1. The molecule has 3 N–H and O–H groups in total. The van der Waals surface area contributed by atoms with Crippen molar-refractivity contribution >= 4 is 0 Å². The van der Waals surface area contributed by atoms with Crippen molar-refractivity contribution in [3.63, 3.8) is 0 Å². The Labute approximate surface area is 99.3 Å². The summed E-state index contributed by atoms with van der Waals surface area (Å²) >= 11 is 0. The molecule has 0 radical (unpaired) electrons. The summed E-state index contributed by atoms with van der Waals surface area (Å²) in [6.07, 6.45) is 3.79. The Morgan fingerprint density at radius 3 is 2.31 bits per heavy atom. The largest absolute Gasteiger partial charge is 0.396 e. The van der Waals surface area contributed by atoms with Gasteiger partial charge in [-0.1, -0.05) is 20.8 Å². The van der Waals surface area contributed by atoms with Crippen LogP contribution in [0.1, 0.15) is 40.0 Å². The molecule has 0 aromatic heterocycles. The van der Waals surface area contributed by atoms with Gasteiger partial charge in [0, 0.05) is 18.0 Å². The fourth-order valence-electron chi connectivity index (χ4n) is 2.51. The maximum atomic E-state index is 9.22. The van der Waals surface area contributed by atoms with Crippen molar-refractivity contribution in [1.29, 1.82) is 0 Å². The summed E-state index contributed by atoms with van der Waals surface area (Å²) in [6.45, 7) is 7.29. The van der Waals surface area contributed by atoms with Crippen molar-refractivity contribution in [3.8, 4) is 0 Å². The summed E-state index contributed by atoms with van der Waals surface area (Å²) in [5.41, 5.74) is -0.386. The zero-order valence-corrected chi connectivity index (χ0v) is 10.9. The van der Waals surface area contributed by atoms with Crippen LogP contribution < -0.4 is 5.32 Å². The van der Waals surface area contributed by atoms with Gasteiger partial charge in [0.25, 0.3) is 0 Å². The maximum absolute atomic E-state index is 9.22. The standard InChI is InChI=1S/C13H27NO2/c1-10-4-5-12(11(2)6-10)14-7-13(3,8-15)9-16/h10-12,14-16H,4-9H2,1-3H3. The lowest BCUT2D eigenvalue weighted by Gasteiger charge is -2.36. The Morgan fingerprint density at radius 2 is 1.81 bits per heavy atom. The van der Waals surface area contributed by atoms with Crippen LogP contribution in [0.2, 0.25) is 0 Å². The van der Waals surface area contributed by atoms with Gasteiger partial charge in [-0.2, -0.15) is 0 Å². The van der Waals surface area contributed by atoms with E-state index < -0.39 is 0 Å². The Balaban J connectivity index is 2.37. The lowest BCUT2D eigenvalue weighted by atomic mass is 9.79. The molecule has 3 heteroatoms. The highest BCUT2D eigenvalue weighted by atomic mass is 16.3.